The number of methoxy groups -OCH3 is 1. The van der Waals surface area contributed by atoms with Gasteiger partial charge in [0.05, 0.1) is 13.7 Å². The first kappa shape index (κ1) is 12.4. The minimum absolute atomic E-state index is 0.00954. The summed E-state index contributed by atoms with van der Waals surface area (Å²) in [5.41, 5.74) is 0.717. The van der Waals surface area contributed by atoms with Crippen molar-refractivity contribution >= 4 is 5.78 Å². The highest BCUT2D eigenvalue weighted by Crippen LogP contribution is 2.37. The molecule has 0 spiro atoms. The zero-order valence-electron chi connectivity index (χ0n) is 9.74. The van der Waals surface area contributed by atoms with Crippen LogP contribution >= 0.6 is 0 Å². The summed E-state index contributed by atoms with van der Waals surface area (Å²) in [4.78, 5) is 11.0. The van der Waals surface area contributed by atoms with Crippen LogP contribution in [-0.2, 0) is 11.2 Å². The third kappa shape index (κ3) is 2.89. The highest BCUT2D eigenvalue weighted by Gasteiger charge is 2.12. The maximum Gasteiger partial charge on any atom is 0.203 e. The Labute approximate surface area is 94.8 Å². The Hall–Kier alpha value is -1.71. The Balaban J connectivity index is 3.11. The Bertz CT molecular complexity index is 385. The predicted octanol–water partition coefficient (Wildman–Crippen LogP) is 1.93. The monoisotopic (exact) mass is 224 g/mol. The zero-order chi connectivity index (χ0) is 12.1. The minimum Gasteiger partial charge on any atom is -0.504 e. The van der Waals surface area contributed by atoms with Crippen molar-refractivity contribution in [1.82, 2.24) is 0 Å². The highest BCUT2D eigenvalue weighted by molar-refractivity contribution is 5.78. The third-order valence-corrected chi connectivity index (χ3v) is 2.05. The fraction of sp³-hybridized carbons (Fsp3) is 0.417. The van der Waals surface area contributed by atoms with E-state index in [4.69, 9.17) is 9.47 Å². The van der Waals surface area contributed by atoms with Crippen LogP contribution in [0.5, 0.6) is 17.2 Å². The summed E-state index contributed by atoms with van der Waals surface area (Å²) in [5.74, 6) is 0.784. The van der Waals surface area contributed by atoms with Gasteiger partial charge in [0.1, 0.15) is 5.78 Å². The van der Waals surface area contributed by atoms with E-state index in [1.54, 1.807) is 6.07 Å². The van der Waals surface area contributed by atoms with Gasteiger partial charge in [-0.3, -0.25) is 4.79 Å². The average Bonchev–Trinajstić information content (AvgIpc) is 2.16. The maximum atomic E-state index is 11.0. The van der Waals surface area contributed by atoms with Crippen LogP contribution < -0.4 is 9.47 Å². The van der Waals surface area contributed by atoms with Gasteiger partial charge < -0.3 is 14.6 Å². The molecule has 1 N–H and O–H groups in total. The Kier molecular flexibility index (Phi) is 4.17. The summed E-state index contributed by atoms with van der Waals surface area (Å²) in [6.45, 7) is 3.81. The molecule has 4 nitrogen and oxygen atoms in total. The lowest BCUT2D eigenvalue weighted by Gasteiger charge is -2.12. The van der Waals surface area contributed by atoms with Crippen molar-refractivity contribution in [3.8, 4) is 17.2 Å². The second-order valence-corrected chi connectivity index (χ2v) is 3.46. The van der Waals surface area contributed by atoms with Crippen LogP contribution in [0.1, 0.15) is 19.4 Å². The van der Waals surface area contributed by atoms with Crippen LogP contribution in [0.2, 0.25) is 0 Å². The molecule has 0 aliphatic heterocycles. The van der Waals surface area contributed by atoms with Gasteiger partial charge in [-0.1, -0.05) is 0 Å². The standard InChI is InChI=1S/C12H16O4/c1-4-16-11-7-9(5-8(2)13)6-10(14)12(11)15-3/h6-7,14H,4-5H2,1-3H3. The molecule has 4 heteroatoms. The number of Topliss-reactive ketones (excluding diaryl/α,β-unsaturated/α-hetero) is 1. The van der Waals surface area contributed by atoms with Crippen LogP contribution in [0, 0.1) is 0 Å². The van der Waals surface area contributed by atoms with Gasteiger partial charge >= 0.3 is 0 Å². The van der Waals surface area contributed by atoms with Gasteiger partial charge in [-0.05, 0) is 31.5 Å². The molecule has 0 amide bonds. The molecular weight excluding hydrogens is 208 g/mol. The van der Waals surface area contributed by atoms with Gasteiger partial charge in [0.15, 0.2) is 11.5 Å². The second kappa shape index (κ2) is 5.39. The fourth-order valence-corrected chi connectivity index (χ4v) is 1.50. The van der Waals surface area contributed by atoms with Gasteiger partial charge in [0, 0.05) is 6.42 Å². The first-order valence-electron chi connectivity index (χ1n) is 5.10. The van der Waals surface area contributed by atoms with Crippen molar-refractivity contribution in [2.45, 2.75) is 20.3 Å². The summed E-state index contributed by atoms with van der Waals surface area (Å²) >= 11 is 0. The van der Waals surface area contributed by atoms with E-state index in [-0.39, 0.29) is 18.0 Å². The molecule has 0 saturated heterocycles. The van der Waals surface area contributed by atoms with E-state index in [1.807, 2.05) is 6.92 Å². The molecule has 0 heterocycles. The molecule has 16 heavy (non-hydrogen) atoms. The van der Waals surface area contributed by atoms with Crippen molar-refractivity contribution < 1.29 is 19.4 Å². The van der Waals surface area contributed by atoms with E-state index in [1.165, 1.54) is 20.1 Å². The van der Waals surface area contributed by atoms with E-state index < -0.39 is 0 Å². The van der Waals surface area contributed by atoms with Gasteiger partial charge in [0.2, 0.25) is 5.75 Å². The van der Waals surface area contributed by atoms with E-state index in [0.29, 0.717) is 23.7 Å². The van der Waals surface area contributed by atoms with Crippen molar-refractivity contribution in [1.29, 1.82) is 0 Å². The molecule has 1 aromatic carbocycles. The van der Waals surface area contributed by atoms with E-state index >= 15 is 0 Å². The predicted molar refractivity (Wildman–Crippen MR) is 60.2 cm³/mol. The van der Waals surface area contributed by atoms with Crippen molar-refractivity contribution in [2.75, 3.05) is 13.7 Å². The number of phenolic OH excluding ortho intramolecular Hbond substituents is 1. The fourth-order valence-electron chi connectivity index (χ4n) is 1.50. The normalized spacial score (nSPS) is 9.94. The molecule has 1 rings (SSSR count). The number of phenols is 1. The first-order chi connectivity index (χ1) is 7.58. The zero-order valence-corrected chi connectivity index (χ0v) is 9.74. The molecule has 0 aliphatic rings. The van der Waals surface area contributed by atoms with Crippen LogP contribution in [-0.4, -0.2) is 24.6 Å². The molecule has 0 aromatic heterocycles. The summed E-state index contributed by atoms with van der Waals surface area (Å²) in [7, 11) is 1.46. The number of ketones is 1. The van der Waals surface area contributed by atoms with E-state index in [2.05, 4.69) is 0 Å². The number of carbonyl (C=O) groups excluding carboxylic acids is 1. The Morgan fingerprint density at radius 1 is 1.44 bits per heavy atom. The molecule has 0 bridgehead atoms. The van der Waals surface area contributed by atoms with Crippen LogP contribution in [0.25, 0.3) is 0 Å². The maximum absolute atomic E-state index is 11.0. The smallest absolute Gasteiger partial charge is 0.203 e. The quantitative estimate of drug-likeness (QED) is 0.830. The molecule has 0 fully saturated rings. The van der Waals surface area contributed by atoms with Crippen LogP contribution in [0.3, 0.4) is 0 Å². The highest BCUT2D eigenvalue weighted by atomic mass is 16.5. The molecule has 0 radical (unpaired) electrons. The lowest BCUT2D eigenvalue weighted by Crippen LogP contribution is -2.00. The molecule has 0 atom stereocenters. The lowest BCUT2D eigenvalue weighted by molar-refractivity contribution is -0.116. The summed E-state index contributed by atoms with van der Waals surface area (Å²) in [6, 6.07) is 3.23. The molecule has 0 aliphatic carbocycles. The number of ether oxygens (including phenoxy) is 2. The Morgan fingerprint density at radius 3 is 2.62 bits per heavy atom. The van der Waals surface area contributed by atoms with Crippen LogP contribution in [0.15, 0.2) is 12.1 Å². The average molecular weight is 224 g/mol. The number of hydrogen-bond acceptors (Lipinski definition) is 4. The van der Waals surface area contributed by atoms with Crippen molar-refractivity contribution in [3.63, 3.8) is 0 Å². The third-order valence-electron chi connectivity index (χ3n) is 2.05. The minimum atomic E-state index is -0.00954. The molecule has 0 unspecified atom stereocenters. The largest absolute Gasteiger partial charge is 0.504 e. The van der Waals surface area contributed by atoms with Gasteiger partial charge in [-0.15, -0.1) is 0 Å². The molecule has 88 valence electrons. The van der Waals surface area contributed by atoms with Crippen molar-refractivity contribution in [2.24, 2.45) is 0 Å². The SMILES string of the molecule is CCOc1cc(CC(C)=O)cc(O)c1OC. The summed E-state index contributed by atoms with van der Waals surface area (Å²) < 4.78 is 10.4. The lowest BCUT2D eigenvalue weighted by atomic mass is 10.1. The van der Waals surface area contributed by atoms with Crippen LogP contribution in [0.4, 0.5) is 0 Å². The topological polar surface area (TPSA) is 55.8 Å². The van der Waals surface area contributed by atoms with E-state index in [0.717, 1.165) is 0 Å². The molecule has 1 aromatic rings. The summed E-state index contributed by atoms with van der Waals surface area (Å²) in [5, 5.41) is 9.70. The molecule has 0 saturated carbocycles. The number of rotatable bonds is 5. The second-order valence-electron chi connectivity index (χ2n) is 3.46. The summed E-state index contributed by atoms with van der Waals surface area (Å²) in [6.07, 6.45) is 0.275. The van der Waals surface area contributed by atoms with Gasteiger partial charge in [0.25, 0.3) is 0 Å². The van der Waals surface area contributed by atoms with Gasteiger partial charge in [-0.2, -0.15) is 0 Å². The number of benzene rings is 1. The Morgan fingerprint density at radius 2 is 2.12 bits per heavy atom. The van der Waals surface area contributed by atoms with Gasteiger partial charge in [-0.25, -0.2) is 0 Å². The van der Waals surface area contributed by atoms with Crippen molar-refractivity contribution in [3.05, 3.63) is 17.7 Å². The first-order valence-corrected chi connectivity index (χ1v) is 5.10. The number of carbonyl (C=O) groups is 1. The van der Waals surface area contributed by atoms with E-state index in [9.17, 15) is 9.90 Å². The number of aromatic hydroxyl groups is 1. The number of hydrogen-bond donors (Lipinski definition) is 1. The molecular formula is C12H16O4.